The zero-order chi connectivity index (χ0) is 19.7. The van der Waals surface area contributed by atoms with E-state index in [9.17, 15) is 0 Å². The number of pyridine rings is 2. The van der Waals surface area contributed by atoms with Gasteiger partial charge in [0.05, 0.1) is 11.0 Å². The molecule has 4 aromatic rings. The lowest BCUT2D eigenvalue weighted by molar-refractivity contribution is 0.322. The van der Waals surface area contributed by atoms with E-state index in [-0.39, 0.29) is 48.8 Å². The topological polar surface area (TPSA) is 63.8 Å². The summed E-state index contributed by atoms with van der Waals surface area (Å²) in [5, 5.41) is 6.51. The quantitative estimate of drug-likeness (QED) is 0.339. The Balaban J connectivity index is 0.00000160. The van der Waals surface area contributed by atoms with Gasteiger partial charge in [-0.1, -0.05) is 35.9 Å². The molecule has 4 rings (SSSR count). The van der Waals surface area contributed by atoms with E-state index >= 15 is 0 Å². The van der Waals surface area contributed by atoms with Crippen LogP contribution in [-0.2, 0) is 6.54 Å². The van der Waals surface area contributed by atoms with Crippen LogP contribution in [0.15, 0.2) is 67.0 Å². The highest BCUT2D eigenvalue weighted by Gasteiger charge is 2.28. The zero-order valence-electron chi connectivity index (χ0n) is 17.2. The fraction of sp³-hybridized carbons (Fsp3) is 0.217. The maximum absolute atomic E-state index is 6.72. The summed E-state index contributed by atoms with van der Waals surface area (Å²) in [6, 6.07) is 17.8. The summed E-state index contributed by atoms with van der Waals surface area (Å²) in [5.41, 5.74) is 10.5. The highest BCUT2D eigenvalue weighted by atomic mass is 35.5. The summed E-state index contributed by atoms with van der Waals surface area (Å²) in [5.74, 6) is 0. The Morgan fingerprint density at radius 2 is 1.58 bits per heavy atom. The van der Waals surface area contributed by atoms with Crippen molar-refractivity contribution >= 4 is 70.6 Å². The molecular formula is C23H26Cl4N4. The smallest absolute Gasteiger partial charge is 0.0720 e. The second kappa shape index (κ2) is 11.3. The van der Waals surface area contributed by atoms with E-state index in [4.69, 9.17) is 17.3 Å². The Labute approximate surface area is 206 Å². The fourth-order valence-electron chi connectivity index (χ4n) is 3.55. The van der Waals surface area contributed by atoms with Crippen LogP contribution in [0, 0.1) is 0 Å². The van der Waals surface area contributed by atoms with Crippen molar-refractivity contribution in [3.05, 3.63) is 83.1 Å². The third-order valence-corrected chi connectivity index (χ3v) is 5.56. The summed E-state index contributed by atoms with van der Waals surface area (Å²) in [4.78, 5) is 8.87. The van der Waals surface area contributed by atoms with Crippen molar-refractivity contribution in [1.29, 1.82) is 0 Å². The molecule has 0 aliphatic rings. The van der Waals surface area contributed by atoms with Crippen LogP contribution in [0.3, 0.4) is 0 Å². The van der Waals surface area contributed by atoms with Crippen molar-refractivity contribution in [3.8, 4) is 0 Å². The molecule has 0 aliphatic heterocycles. The van der Waals surface area contributed by atoms with Gasteiger partial charge in [-0.05, 0) is 55.3 Å². The molecule has 0 bridgehead atoms. The minimum atomic E-state index is -0.335. The van der Waals surface area contributed by atoms with Gasteiger partial charge in [-0.25, -0.2) is 0 Å². The van der Waals surface area contributed by atoms with Crippen molar-refractivity contribution in [2.75, 3.05) is 0 Å². The SMILES string of the molecule is CC(C)(NCc1ccnc2ccccc12)C(N)c1ccnc2cc(Cl)ccc12.Cl.Cl.Cl. The van der Waals surface area contributed by atoms with E-state index < -0.39 is 0 Å². The summed E-state index contributed by atoms with van der Waals surface area (Å²) >= 11 is 6.12. The van der Waals surface area contributed by atoms with Gasteiger partial charge in [0, 0.05) is 46.3 Å². The van der Waals surface area contributed by atoms with Gasteiger partial charge in [0.25, 0.3) is 0 Å². The molecule has 2 heterocycles. The summed E-state index contributed by atoms with van der Waals surface area (Å²) < 4.78 is 0. The van der Waals surface area contributed by atoms with E-state index in [0.29, 0.717) is 11.6 Å². The average molecular weight is 500 g/mol. The summed E-state index contributed by atoms with van der Waals surface area (Å²) in [6.45, 7) is 4.96. The molecule has 3 N–H and O–H groups in total. The summed E-state index contributed by atoms with van der Waals surface area (Å²) in [7, 11) is 0. The lowest BCUT2D eigenvalue weighted by Gasteiger charge is -2.34. The van der Waals surface area contributed by atoms with Gasteiger partial charge in [0.1, 0.15) is 0 Å². The van der Waals surface area contributed by atoms with E-state index in [1.807, 2.05) is 48.7 Å². The standard InChI is InChI=1S/C23H23ClN4.3ClH/c1-23(2,28-14-15-9-11-26-20-6-4-3-5-17(15)20)22(25)19-10-12-27-21-13-16(24)7-8-18(19)21;;;/h3-13,22,28H,14,25H2,1-2H3;3*1H. The van der Waals surface area contributed by atoms with Crippen LogP contribution in [0.25, 0.3) is 21.8 Å². The van der Waals surface area contributed by atoms with Crippen LogP contribution in [0.4, 0.5) is 0 Å². The van der Waals surface area contributed by atoms with Crippen molar-refractivity contribution in [2.45, 2.75) is 32.0 Å². The Hall–Kier alpha value is -1.66. The predicted octanol–water partition coefficient (Wildman–Crippen LogP) is 6.27. The first-order valence-corrected chi connectivity index (χ1v) is 9.71. The molecule has 31 heavy (non-hydrogen) atoms. The molecule has 0 amide bonds. The minimum absolute atomic E-state index is 0. The molecule has 2 aromatic carbocycles. The Morgan fingerprint density at radius 1 is 0.903 bits per heavy atom. The maximum Gasteiger partial charge on any atom is 0.0720 e. The fourth-order valence-corrected chi connectivity index (χ4v) is 3.71. The van der Waals surface area contributed by atoms with E-state index in [1.165, 1.54) is 5.56 Å². The number of benzene rings is 2. The van der Waals surface area contributed by atoms with Crippen molar-refractivity contribution in [3.63, 3.8) is 0 Å². The van der Waals surface area contributed by atoms with E-state index in [0.717, 1.165) is 27.4 Å². The molecule has 0 saturated carbocycles. The third-order valence-electron chi connectivity index (χ3n) is 5.32. The van der Waals surface area contributed by atoms with Gasteiger partial charge in [0.2, 0.25) is 0 Å². The van der Waals surface area contributed by atoms with Gasteiger partial charge in [0.15, 0.2) is 0 Å². The number of halogens is 4. The number of aromatic nitrogens is 2. The molecular weight excluding hydrogens is 474 g/mol. The Morgan fingerprint density at radius 3 is 2.35 bits per heavy atom. The highest BCUT2D eigenvalue weighted by molar-refractivity contribution is 6.31. The second-order valence-electron chi connectivity index (χ2n) is 7.60. The first-order chi connectivity index (χ1) is 13.5. The Bertz CT molecular complexity index is 1150. The number of para-hydroxylation sites is 1. The van der Waals surface area contributed by atoms with Crippen LogP contribution >= 0.6 is 48.8 Å². The maximum atomic E-state index is 6.72. The van der Waals surface area contributed by atoms with Crippen LogP contribution in [-0.4, -0.2) is 15.5 Å². The number of hydrogen-bond acceptors (Lipinski definition) is 4. The molecule has 4 nitrogen and oxygen atoms in total. The number of hydrogen-bond donors (Lipinski definition) is 2. The lowest BCUT2D eigenvalue weighted by atomic mass is 9.87. The molecule has 0 fully saturated rings. The van der Waals surface area contributed by atoms with Crippen molar-refractivity contribution < 1.29 is 0 Å². The third kappa shape index (κ3) is 5.78. The minimum Gasteiger partial charge on any atom is -0.322 e. The molecule has 2 aromatic heterocycles. The monoisotopic (exact) mass is 498 g/mol. The molecule has 0 aliphatic carbocycles. The molecule has 8 heteroatoms. The molecule has 1 atom stereocenters. The zero-order valence-corrected chi connectivity index (χ0v) is 20.4. The highest BCUT2D eigenvalue weighted by Crippen LogP contribution is 2.30. The molecule has 0 saturated heterocycles. The Kier molecular flexibility index (Phi) is 9.96. The van der Waals surface area contributed by atoms with Crippen LogP contribution in [0.1, 0.15) is 31.0 Å². The predicted molar refractivity (Wildman–Crippen MR) is 138 cm³/mol. The lowest BCUT2D eigenvalue weighted by Crippen LogP contribution is -2.48. The number of nitrogens with two attached hydrogens (primary N) is 1. The average Bonchev–Trinajstić information content (AvgIpc) is 2.71. The number of nitrogens with one attached hydrogen (secondary N) is 1. The van der Waals surface area contributed by atoms with Crippen LogP contribution < -0.4 is 11.1 Å². The van der Waals surface area contributed by atoms with Crippen molar-refractivity contribution in [2.24, 2.45) is 5.73 Å². The van der Waals surface area contributed by atoms with Crippen molar-refractivity contribution in [1.82, 2.24) is 15.3 Å². The normalized spacial score (nSPS) is 11.9. The first-order valence-electron chi connectivity index (χ1n) is 9.33. The first kappa shape index (κ1) is 27.4. The second-order valence-corrected chi connectivity index (χ2v) is 8.04. The molecule has 0 radical (unpaired) electrons. The van der Waals surface area contributed by atoms with Gasteiger partial charge in [-0.2, -0.15) is 0 Å². The molecule has 1 unspecified atom stereocenters. The van der Waals surface area contributed by atoms with Gasteiger partial charge in [-0.15, -0.1) is 37.2 Å². The molecule has 166 valence electrons. The van der Waals surface area contributed by atoms with E-state index in [1.54, 1.807) is 6.20 Å². The number of rotatable bonds is 5. The largest absolute Gasteiger partial charge is 0.322 e. The van der Waals surface area contributed by atoms with Gasteiger partial charge < -0.3 is 11.1 Å². The van der Waals surface area contributed by atoms with Crippen LogP contribution in [0.2, 0.25) is 5.02 Å². The molecule has 0 spiro atoms. The number of nitrogens with zero attached hydrogens (tertiary/aromatic N) is 2. The van der Waals surface area contributed by atoms with Crippen LogP contribution in [0.5, 0.6) is 0 Å². The summed E-state index contributed by atoms with van der Waals surface area (Å²) in [6.07, 6.45) is 3.65. The van der Waals surface area contributed by atoms with Gasteiger partial charge >= 0.3 is 0 Å². The van der Waals surface area contributed by atoms with Gasteiger partial charge in [-0.3, -0.25) is 9.97 Å². The van der Waals surface area contributed by atoms with E-state index in [2.05, 4.69) is 41.3 Å². The number of fused-ring (bicyclic) bond motifs is 2.